The molecule has 1 aromatic rings. The Hall–Kier alpha value is -1.05. The van der Waals surface area contributed by atoms with Gasteiger partial charge in [0.1, 0.15) is 6.04 Å². The van der Waals surface area contributed by atoms with E-state index >= 15 is 0 Å². The molecule has 2 amide bonds. The van der Waals surface area contributed by atoms with Gasteiger partial charge in [0.25, 0.3) is 5.91 Å². The Morgan fingerprint density at radius 2 is 2.00 bits per heavy atom. The normalized spacial score (nSPS) is 13.3. The standard InChI is InChI=1S/C15H22BrN3O2S/c1-10(9-17)18-15(21)13(7-8-22-2)19-14(20)11-5-3-4-6-12(11)16/h3-6,10,13H,7-9,17H2,1-2H3,(H,18,21)(H,19,20)/t10-,13?/m0/s1. The number of nitrogens with two attached hydrogens (primary N) is 1. The summed E-state index contributed by atoms with van der Waals surface area (Å²) in [6.45, 7) is 2.19. The van der Waals surface area contributed by atoms with Crippen molar-refractivity contribution in [2.75, 3.05) is 18.6 Å². The summed E-state index contributed by atoms with van der Waals surface area (Å²) in [5, 5.41) is 5.61. The van der Waals surface area contributed by atoms with Gasteiger partial charge in [0.15, 0.2) is 0 Å². The van der Waals surface area contributed by atoms with E-state index < -0.39 is 6.04 Å². The van der Waals surface area contributed by atoms with Crippen LogP contribution in [0.25, 0.3) is 0 Å². The molecule has 4 N–H and O–H groups in total. The molecule has 22 heavy (non-hydrogen) atoms. The highest BCUT2D eigenvalue weighted by Gasteiger charge is 2.22. The second kappa shape index (κ2) is 9.86. The number of amides is 2. The van der Waals surface area contributed by atoms with E-state index in [1.54, 1.807) is 30.0 Å². The average Bonchev–Trinajstić information content (AvgIpc) is 2.51. The van der Waals surface area contributed by atoms with Crippen LogP contribution < -0.4 is 16.4 Å². The van der Waals surface area contributed by atoms with Gasteiger partial charge in [-0.25, -0.2) is 0 Å². The van der Waals surface area contributed by atoms with Gasteiger partial charge in [-0.15, -0.1) is 0 Å². The van der Waals surface area contributed by atoms with Gasteiger partial charge in [-0.05, 0) is 53.4 Å². The molecule has 0 aromatic heterocycles. The molecule has 0 aliphatic heterocycles. The predicted molar refractivity (Wildman–Crippen MR) is 95.1 cm³/mol. The van der Waals surface area contributed by atoms with Gasteiger partial charge in [-0.3, -0.25) is 9.59 Å². The fourth-order valence-corrected chi connectivity index (χ4v) is 2.72. The monoisotopic (exact) mass is 387 g/mol. The van der Waals surface area contributed by atoms with Gasteiger partial charge in [-0.1, -0.05) is 12.1 Å². The van der Waals surface area contributed by atoms with Crippen LogP contribution in [0.15, 0.2) is 28.7 Å². The largest absolute Gasteiger partial charge is 0.351 e. The predicted octanol–water partition coefficient (Wildman–Crippen LogP) is 1.76. The van der Waals surface area contributed by atoms with Crippen molar-refractivity contribution in [3.8, 4) is 0 Å². The minimum absolute atomic E-state index is 0.121. The summed E-state index contributed by atoms with van der Waals surface area (Å²) in [5.74, 6) is 0.312. The lowest BCUT2D eigenvalue weighted by atomic mass is 10.1. The molecular weight excluding hydrogens is 366 g/mol. The third-order valence-corrected chi connectivity index (χ3v) is 4.43. The molecule has 2 atom stereocenters. The number of carbonyl (C=O) groups excluding carboxylic acids is 2. The van der Waals surface area contributed by atoms with Crippen molar-refractivity contribution in [3.05, 3.63) is 34.3 Å². The zero-order valence-corrected chi connectivity index (χ0v) is 15.2. The molecule has 1 rings (SSSR count). The third kappa shape index (κ3) is 5.98. The maximum Gasteiger partial charge on any atom is 0.253 e. The first-order valence-corrected chi connectivity index (χ1v) is 9.23. The van der Waals surface area contributed by atoms with Crippen molar-refractivity contribution in [3.63, 3.8) is 0 Å². The Balaban J connectivity index is 2.78. The lowest BCUT2D eigenvalue weighted by Crippen LogP contribution is -2.50. The van der Waals surface area contributed by atoms with Gasteiger partial charge in [0.2, 0.25) is 5.91 Å². The molecule has 0 fully saturated rings. The molecular formula is C15H22BrN3O2S. The summed E-state index contributed by atoms with van der Waals surface area (Å²) >= 11 is 4.98. The van der Waals surface area contributed by atoms with Gasteiger partial charge in [0, 0.05) is 17.1 Å². The topological polar surface area (TPSA) is 84.2 Å². The van der Waals surface area contributed by atoms with Crippen LogP contribution in [0, 0.1) is 0 Å². The first-order valence-electron chi connectivity index (χ1n) is 7.04. The molecule has 0 spiro atoms. The Labute approximate surface area is 143 Å². The van der Waals surface area contributed by atoms with E-state index in [2.05, 4.69) is 26.6 Å². The molecule has 1 aromatic carbocycles. The van der Waals surface area contributed by atoms with Crippen LogP contribution in [0.2, 0.25) is 0 Å². The van der Waals surface area contributed by atoms with Crippen molar-refractivity contribution in [2.24, 2.45) is 5.73 Å². The number of carbonyl (C=O) groups is 2. The Morgan fingerprint density at radius 1 is 1.32 bits per heavy atom. The van der Waals surface area contributed by atoms with Crippen LogP contribution in [-0.4, -0.2) is 42.5 Å². The van der Waals surface area contributed by atoms with E-state index in [0.29, 0.717) is 23.0 Å². The highest BCUT2D eigenvalue weighted by atomic mass is 79.9. The fourth-order valence-electron chi connectivity index (χ4n) is 1.79. The van der Waals surface area contributed by atoms with Crippen molar-refractivity contribution in [1.82, 2.24) is 10.6 Å². The molecule has 1 unspecified atom stereocenters. The van der Waals surface area contributed by atoms with E-state index in [1.807, 2.05) is 19.2 Å². The lowest BCUT2D eigenvalue weighted by Gasteiger charge is -2.21. The molecule has 0 aliphatic rings. The number of benzene rings is 1. The highest BCUT2D eigenvalue weighted by molar-refractivity contribution is 9.10. The highest BCUT2D eigenvalue weighted by Crippen LogP contribution is 2.16. The second-order valence-corrected chi connectivity index (χ2v) is 6.77. The Morgan fingerprint density at radius 3 is 2.59 bits per heavy atom. The number of nitrogens with one attached hydrogen (secondary N) is 2. The lowest BCUT2D eigenvalue weighted by molar-refractivity contribution is -0.123. The summed E-state index contributed by atoms with van der Waals surface area (Å²) < 4.78 is 0.701. The van der Waals surface area contributed by atoms with Crippen LogP contribution >= 0.6 is 27.7 Å². The summed E-state index contributed by atoms with van der Waals surface area (Å²) in [5.41, 5.74) is 6.03. The molecule has 122 valence electrons. The third-order valence-electron chi connectivity index (χ3n) is 3.09. The second-order valence-electron chi connectivity index (χ2n) is 4.93. The number of thioether (sulfide) groups is 1. The van der Waals surface area contributed by atoms with Gasteiger partial charge >= 0.3 is 0 Å². The molecule has 0 saturated heterocycles. The van der Waals surface area contributed by atoms with Gasteiger partial charge in [0.05, 0.1) is 5.56 Å². The smallest absolute Gasteiger partial charge is 0.253 e. The summed E-state index contributed by atoms with van der Waals surface area (Å²) in [6, 6.07) is 6.44. The maximum absolute atomic E-state index is 12.3. The fraction of sp³-hybridized carbons (Fsp3) is 0.467. The first-order chi connectivity index (χ1) is 10.5. The Kier molecular flexibility index (Phi) is 8.52. The quantitative estimate of drug-likeness (QED) is 0.634. The molecule has 5 nitrogen and oxygen atoms in total. The number of rotatable bonds is 8. The molecule has 0 saturated carbocycles. The summed E-state index contributed by atoms with van der Waals surface area (Å²) in [4.78, 5) is 24.6. The summed E-state index contributed by atoms with van der Waals surface area (Å²) in [7, 11) is 0. The molecule has 7 heteroatoms. The average molecular weight is 388 g/mol. The van der Waals surface area contributed by atoms with Crippen molar-refractivity contribution < 1.29 is 9.59 Å². The molecule has 0 bridgehead atoms. The first kappa shape index (κ1) is 19.0. The van der Waals surface area contributed by atoms with E-state index in [9.17, 15) is 9.59 Å². The van der Waals surface area contributed by atoms with Crippen LogP contribution in [0.3, 0.4) is 0 Å². The van der Waals surface area contributed by atoms with Crippen LogP contribution in [0.5, 0.6) is 0 Å². The molecule has 0 radical (unpaired) electrons. The van der Waals surface area contributed by atoms with Crippen LogP contribution in [0.1, 0.15) is 23.7 Å². The maximum atomic E-state index is 12.3. The SMILES string of the molecule is CSCCC(NC(=O)c1ccccc1Br)C(=O)N[C@@H](C)CN. The Bertz CT molecular complexity index is 513. The zero-order chi connectivity index (χ0) is 16.5. The van der Waals surface area contributed by atoms with E-state index in [1.165, 1.54) is 0 Å². The van der Waals surface area contributed by atoms with E-state index in [0.717, 1.165) is 5.75 Å². The van der Waals surface area contributed by atoms with Crippen molar-refractivity contribution >= 4 is 39.5 Å². The minimum atomic E-state index is -0.568. The minimum Gasteiger partial charge on any atom is -0.351 e. The summed E-state index contributed by atoms with van der Waals surface area (Å²) in [6.07, 6.45) is 2.54. The van der Waals surface area contributed by atoms with Crippen LogP contribution in [-0.2, 0) is 4.79 Å². The zero-order valence-electron chi connectivity index (χ0n) is 12.8. The van der Waals surface area contributed by atoms with E-state index in [4.69, 9.17) is 5.73 Å². The number of halogens is 1. The number of hydrogen-bond donors (Lipinski definition) is 3. The van der Waals surface area contributed by atoms with Crippen molar-refractivity contribution in [2.45, 2.75) is 25.4 Å². The molecule has 0 aliphatic carbocycles. The van der Waals surface area contributed by atoms with E-state index in [-0.39, 0.29) is 17.9 Å². The van der Waals surface area contributed by atoms with Gasteiger partial charge < -0.3 is 16.4 Å². The van der Waals surface area contributed by atoms with Crippen LogP contribution in [0.4, 0.5) is 0 Å². The number of hydrogen-bond acceptors (Lipinski definition) is 4. The van der Waals surface area contributed by atoms with Crippen molar-refractivity contribution in [1.29, 1.82) is 0 Å². The van der Waals surface area contributed by atoms with Gasteiger partial charge in [-0.2, -0.15) is 11.8 Å². The molecule has 0 heterocycles.